The summed E-state index contributed by atoms with van der Waals surface area (Å²) in [6, 6.07) is 0.616. The second-order valence-corrected chi connectivity index (χ2v) is 6.21. The van der Waals surface area contributed by atoms with Gasteiger partial charge in [-0.15, -0.1) is 0 Å². The minimum Gasteiger partial charge on any atom is -0.481 e. The average molecular weight is 239 g/mol. The summed E-state index contributed by atoms with van der Waals surface area (Å²) in [7, 11) is 0. The molecule has 0 radical (unpaired) electrons. The highest BCUT2D eigenvalue weighted by molar-refractivity contribution is 5.71. The predicted molar refractivity (Wildman–Crippen MR) is 67.8 cm³/mol. The van der Waals surface area contributed by atoms with Crippen LogP contribution in [0.4, 0.5) is 0 Å². The van der Waals surface area contributed by atoms with Crippen molar-refractivity contribution in [1.29, 1.82) is 0 Å². The van der Waals surface area contributed by atoms with E-state index >= 15 is 0 Å². The lowest BCUT2D eigenvalue weighted by Gasteiger charge is -2.40. The highest BCUT2D eigenvalue weighted by Gasteiger charge is 2.40. The van der Waals surface area contributed by atoms with Crippen LogP contribution in [0.15, 0.2) is 0 Å². The lowest BCUT2D eigenvalue weighted by Crippen LogP contribution is -2.43. The first-order valence-corrected chi connectivity index (χ1v) is 6.97. The molecule has 1 aliphatic carbocycles. The van der Waals surface area contributed by atoms with E-state index in [1.54, 1.807) is 0 Å². The van der Waals surface area contributed by atoms with Gasteiger partial charge in [0, 0.05) is 19.1 Å². The van der Waals surface area contributed by atoms with E-state index < -0.39 is 5.97 Å². The first kappa shape index (κ1) is 12.9. The molecule has 0 bridgehead atoms. The number of aliphatic carboxylic acids is 1. The standard InChI is InChI=1S/C14H25NO2/c1-9-5-4-6-13(11(9)3)15-7-10(2)12(8-15)14(16)17/h9-13H,4-8H2,1-3H3,(H,16,17)/t9?,10-,11?,12-,13?/m1/s1. The molecule has 1 aliphatic heterocycles. The van der Waals surface area contributed by atoms with E-state index in [2.05, 4.69) is 25.7 Å². The Balaban J connectivity index is 2.02. The van der Waals surface area contributed by atoms with Crippen LogP contribution in [-0.4, -0.2) is 35.1 Å². The number of hydrogen-bond acceptors (Lipinski definition) is 2. The zero-order chi connectivity index (χ0) is 12.6. The summed E-state index contributed by atoms with van der Waals surface area (Å²) in [5.41, 5.74) is 0. The molecule has 3 nitrogen and oxygen atoms in total. The van der Waals surface area contributed by atoms with E-state index in [1.165, 1.54) is 19.3 Å². The Bertz CT molecular complexity index is 292. The van der Waals surface area contributed by atoms with Crippen LogP contribution >= 0.6 is 0 Å². The van der Waals surface area contributed by atoms with Crippen LogP contribution < -0.4 is 0 Å². The number of carboxylic acids is 1. The van der Waals surface area contributed by atoms with Crippen LogP contribution in [0, 0.1) is 23.7 Å². The van der Waals surface area contributed by atoms with Crippen molar-refractivity contribution in [2.45, 2.75) is 46.1 Å². The molecule has 0 aromatic carbocycles. The summed E-state index contributed by atoms with van der Waals surface area (Å²) in [5, 5.41) is 9.19. The van der Waals surface area contributed by atoms with Crippen molar-refractivity contribution < 1.29 is 9.90 Å². The molecule has 3 unspecified atom stereocenters. The Kier molecular flexibility index (Phi) is 3.76. The molecule has 0 aromatic rings. The lowest BCUT2D eigenvalue weighted by atomic mass is 9.77. The molecule has 0 spiro atoms. The van der Waals surface area contributed by atoms with Crippen LogP contribution in [0.5, 0.6) is 0 Å². The Labute approximate surface area is 104 Å². The molecule has 0 amide bonds. The van der Waals surface area contributed by atoms with Gasteiger partial charge in [-0.2, -0.15) is 0 Å². The maximum atomic E-state index is 11.2. The molecule has 2 rings (SSSR count). The van der Waals surface area contributed by atoms with Crippen molar-refractivity contribution in [3.63, 3.8) is 0 Å². The molecule has 17 heavy (non-hydrogen) atoms. The summed E-state index contributed by atoms with van der Waals surface area (Å²) in [4.78, 5) is 13.6. The minimum atomic E-state index is -0.614. The van der Waals surface area contributed by atoms with Gasteiger partial charge in [0.25, 0.3) is 0 Å². The van der Waals surface area contributed by atoms with Crippen LogP contribution in [0.25, 0.3) is 0 Å². The number of carbonyl (C=O) groups is 1. The van der Waals surface area contributed by atoms with Crippen molar-refractivity contribution >= 4 is 5.97 Å². The van der Waals surface area contributed by atoms with Gasteiger partial charge < -0.3 is 5.11 Å². The molecule has 98 valence electrons. The van der Waals surface area contributed by atoms with Crippen molar-refractivity contribution in [1.82, 2.24) is 4.90 Å². The summed E-state index contributed by atoms with van der Waals surface area (Å²) in [6.45, 7) is 8.49. The zero-order valence-corrected chi connectivity index (χ0v) is 11.2. The molecular weight excluding hydrogens is 214 g/mol. The quantitative estimate of drug-likeness (QED) is 0.804. The maximum absolute atomic E-state index is 11.2. The monoisotopic (exact) mass is 239 g/mol. The summed E-state index contributed by atoms with van der Waals surface area (Å²) in [5.74, 6) is 1.03. The molecule has 2 aliphatic rings. The fraction of sp³-hybridized carbons (Fsp3) is 0.929. The van der Waals surface area contributed by atoms with Gasteiger partial charge in [-0.1, -0.05) is 33.6 Å². The first-order chi connectivity index (χ1) is 8.00. The molecule has 1 heterocycles. The summed E-state index contributed by atoms with van der Waals surface area (Å²) >= 11 is 0. The average Bonchev–Trinajstić information content (AvgIpc) is 2.64. The van der Waals surface area contributed by atoms with Crippen molar-refractivity contribution in [2.75, 3.05) is 13.1 Å². The van der Waals surface area contributed by atoms with E-state index in [0.29, 0.717) is 17.9 Å². The van der Waals surface area contributed by atoms with Crippen LogP contribution in [0.3, 0.4) is 0 Å². The fourth-order valence-corrected chi connectivity index (χ4v) is 3.67. The summed E-state index contributed by atoms with van der Waals surface area (Å²) in [6.07, 6.45) is 3.90. The Hall–Kier alpha value is -0.570. The van der Waals surface area contributed by atoms with Gasteiger partial charge in [-0.3, -0.25) is 9.69 Å². The topological polar surface area (TPSA) is 40.5 Å². The third kappa shape index (κ3) is 2.49. The van der Waals surface area contributed by atoms with E-state index in [4.69, 9.17) is 0 Å². The third-order valence-electron chi connectivity index (χ3n) is 5.09. The Morgan fingerprint density at radius 2 is 1.82 bits per heavy atom. The van der Waals surface area contributed by atoms with Gasteiger partial charge in [-0.05, 0) is 24.2 Å². The van der Waals surface area contributed by atoms with Crippen LogP contribution in [0.1, 0.15) is 40.0 Å². The first-order valence-electron chi connectivity index (χ1n) is 6.97. The number of hydrogen-bond donors (Lipinski definition) is 1. The second kappa shape index (κ2) is 4.97. The molecular formula is C14H25NO2. The number of carboxylic acid groups (broad SMARTS) is 1. The summed E-state index contributed by atoms with van der Waals surface area (Å²) < 4.78 is 0. The number of likely N-dealkylation sites (tertiary alicyclic amines) is 1. The molecule has 1 saturated carbocycles. The van der Waals surface area contributed by atoms with Crippen molar-refractivity contribution in [3.8, 4) is 0 Å². The highest BCUT2D eigenvalue weighted by atomic mass is 16.4. The lowest BCUT2D eigenvalue weighted by molar-refractivity contribution is -0.142. The molecule has 5 atom stereocenters. The molecule has 1 saturated heterocycles. The Morgan fingerprint density at radius 1 is 1.12 bits per heavy atom. The van der Waals surface area contributed by atoms with Gasteiger partial charge in [0.15, 0.2) is 0 Å². The number of rotatable bonds is 2. The maximum Gasteiger partial charge on any atom is 0.308 e. The second-order valence-electron chi connectivity index (χ2n) is 6.21. The molecule has 0 aromatic heterocycles. The molecule has 3 heteroatoms. The SMILES string of the molecule is CC1CCCC(N2C[C@@H](C)[C@H](C(=O)O)C2)C1C. The third-order valence-corrected chi connectivity index (χ3v) is 5.09. The van der Waals surface area contributed by atoms with Gasteiger partial charge >= 0.3 is 5.97 Å². The van der Waals surface area contributed by atoms with E-state index in [9.17, 15) is 9.90 Å². The van der Waals surface area contributed by atoms with Gasteiger partial charge in [0.05, 0.1) is 5.92 Å². The number of nitrogens with zero attached hydrogens (tertiary/aromatic N) is 1. The largest absolute Gasteiger partial charge is 0.481 e. The van der Waals surface area contributed by atoms with Gasteiger partial charge in [0.2, 0.25) is 0 Å². The molecule has 1 N–H and O–H groups in total. The molecule has 2 fully saturated rings. The van der Waals surface area contributed by atoms with E-state index in [0.717, 1.165) is 19.0 Å². The smallest absolute Gasteiger partial charge is 0.308 e. The Morgan fingerprint density at radius 3 is 2.41 bits per heavy atom. The van der Waals surface area contributed by atoms with E-state index in [-0.39, 0.29) is 5.92 Å². The fourth-order valence-electron chi connectivity index (χ4n) is 3.67. The van der Waals surface area contributed by atoms with E-state index in [1.807, 2.05) is 0 Å². The van der Waals surface area contributed by atoms with Gasteiger partial charge in [-0.25, -0.2) is 0 Å². The normalized spacial score (nSPS) is 43.8. The van der Waals surface area contributed by atoms with Crippen LogP contribution in [0.2, 0.25) is 0 Å². The predicted octanol–water partition coefficient (Wildman–Crippen LogP) is 2.46. The zero-order valence-electron chi connectivity index (χ0n) is 11.2. The van der Waals surface area contributed by atoms with Crippen LogP contribution in [-0.2, 0) is 4.79 Å². The van der Waals surface area contributed by atoms with Crippen molar-refractivity contribution in [2.24, 2.45) is 23.7 Å². The highest BCUT2D eigenvalue weighted by Crippen LogP contribution is 2.36. The minimum absolute atomic E-state index is 0.153. The van der Waals surface area contributed by atoms with Gasteiger partial charge in [0.1, 0.15) is 0 Å². The van der Waals surface area contributed by atoms with Crippen molar-refractivity contribution in [3.05, 3.63) is 0 Å².